The predicted molar refractivity (Wildman–Crippen MR) is 101 cm³/mol. The second-order valence-corrected chi connectivity index (χ2v) is 6.82. The molecule has 0 fully saturated rings. The summed E-state index contributed by atoms with van der Waals surface area (Å²) in [6.45, 7) is 3.23. The zero-order valence-corrected chi connectivity index (χ0v) is 16.7. The molecule has 0 aliphatic heterocycles. The molecular formula is C18H19BrCl2O3. The summed E-state index contributed by atoms with van der Waals surface area (Å²) in [5.74, 6) is 0.768. The van der Waals surface area contributed by atoms with Gasteiger partial charge in [-0.05, 0) is 47.9 Å². The minimum absolute atomic E-state index is 0.244. The van der Waals surface area contributed by atoms with Crippen molar-refractivity contribution < 1.29 is 14.2 Å². The molecule has 2 aromatic carbocycles. The third kappa shape index (κ3) is 5.36. The molecule has 0 aliphatic carbocycles. The van der Waals surface area contributed by atoms with Crippen molar-refractivity contribution in [1.29, 1.82) is 0 Å². The summed E-state index contributed by atoms with van der Waals surface area (Å²) in [5.41, 5.74) is 2.96. The summed E-state index contributed by atoms with van der Waals surface area (Å²) in [7, 11) is 1.59. The van der Waals surface area contributed by atoms with Gasteiger partial charge in [-0.1, -0.05) is 45.2 Å². The van der Waals surface area contributed by atoms with Crippen molar-refractivity contribution in [3.05, 3.63) is 61.5 Å². The summed E-state index contributed by atoms with van der Waals surface area (Å²) >= 11 is 16.3. The zero-order valence-electron chi connectivity index (χ0n) is 13.6. The van der Waals surface area contributed by atoms with Crippen LogP contribution in [-0.4, -0.2) is 20.5 Å². The molecule has 130 valence electrons. The van der Waals surface area contributed by atoms with Gasteiger partial charge >= 0.3 is 0 Å². The molecule has 0 N–H and O–H groups in total. The second-order valence-electron chi connectivity index (χ2n) is 5.15. The van der Waals surface area contributed by atoms with Gasteiger partial charge in [0.25, 0.3) is 0 Å². The van der Waals surface area contributed by atoms with E-state index in [-0.39, 0.29) is 6.79 Å². The van der Waals surface area contributed by atoms with Crippen LogP contribution in [0, 0.1) is 0 Å². The first-order chi connectivity index (χ1) is 11.5. The van der Waals surface area contributed by atoms with Gasteiger partial charge in [-0.2, -0.15) is 0 Å². The molecule has 2 aromatic rings. The Kier molecular flexibility index (Phi) is 7.85. The highest BCUT2D eigenvalue weighted by molar-refractivity contribution is 9.10. The van der Waals surface area contributed by atoms with Crippen LogP contribution in [-0.2, 0) is 22.5 Å². The number of benzene rings is 2. The van der Waals surface area contributed by atoms with Crippen LogP contribution >= 0.6 is 39.1 Å². The van der Waals surface area contributed by atoms with Crippen molar-refractivity contribution >= 4 is 39.1 Å². The molecule has 0 spiro atoms. The van der Waals surface area contributed by atoms with Gasteiger partial charge in [0.1, 0.15) is 12.5 Å². The second kappa shape index (κ2) is 9.64. The molecule has 0 radical (unpaired) electrons. The Hall–Kier alpha value is -0.780. The fraction of sp³-hybridized carbons (Fsp3) is 0.333. The van der Waals surface area contributed by atoms with Gasteiger partial charge in [-0.3, -0.25) is 0 Å². The van der Waals surface area contributed by atoms with E-state index >= 15 is 0 Å². The zero-order chi connectivity index (χ0) is 17.5. The van der Waals surface area contributed by atoms with E-state index in [0.29, 0.717) is 29.7 Å². The van der Waals surface area contributed by atoms with Crippen molar-refractivity contribution in [2.45, 2.75) is 20.0 Å². The number of halogens is 3. The maximum atomic E-state index is 6.42. The molecular weight excluding hydrogens is 415 g/mol. The number of hydrogen-bond donors (Lipinski definition) is 0. The van der Waals surface area contributed by atoms with Gasteiger partial charge in [-0.25, -0.2) is 0 Å². The van der Waals surface area contributed by atoms with Gasteiger partial charge in [0.15, 0.2) is 0 Å². The summed E-state index contributed by atoms with van der Waals surface area (Å²) in [5, 5.41) is 1.35. The molecule has 0 atom stereocenters. The van der Waals surface area contributed by atoms with Crippen LogP contribution in [0.4, 0.5) is 0 Å². The number of rotatable bonds is 8. The fourth-order valence-electron chi connectivity index (χ4n) is 2.24. The van der Waals surface area contributed by atoms with E-state index in [1.54, 1.807) is 7.11 Å². The van der Waals surface area contributed by atoms with E-state index in [9.17, 15) is 0 Å². The van der Waals surface area contributed by atoms with E-state index in [4.69, 9.17) is 37.4 Å². The van der Waals surface area contributed by atoms with Gasteiger partial charge in [0.2, 0.25) is 0 Å². The largest absolute Gasteiger partial charge is 0.494 e. The molecule has 0 amide bonds. The van der Waals surface area contributed by atoms with E-state index < -0.39 is 0 Å². The molecule has 0 aromatic heterocycles. The van der Waals surface area contributed by atoms with Crippen LogP contribution in [0.3, 0.4) is 0 Å². The Morgan fingerprint density at radius 2 is 1.75 bits per heavy atom. The highest BCUT2D eigenvalue weighted by Gasteiger charge is 2.11. The normalized spacial score (nSPS) is 10.9. The van der Waals surface area contributed by atoms with Gasteiger partial charge in [-0.15, -0.1) is 0 Å². The van der Waals surface area contributed by atoms with Crippen LogP contribution in [0.25, 0.3) is 0 Å². The summed E-state index contributed by atoms with van der Waals surface area (Å²) in [4.78, 5) is 0. The number of hydrogen-bond acceptors (Lipinski definition) is 3. The maximum absolute atomic E-state index is 6.42. The third-order valence-electron chi connectivity index (χ3n) is 3.39. The first-order valence-electron chi connectivity index (χ1n) is 7.49. The van der Waals surface area contributed by atoms with Crippen molar-refractivity contribution in [3.8, 4) is 5.75 Å². The molecule has 0 saturated heterocycles. The maximum Gasteiger partial charge on any atom is 0.146 e. The van der Waals surface area contributed by atoms with Crippen molar-refractivity contribution in [1.82, 2.24) is 0 Å². The van der Waals surface area contributed by atoms with Gasteiger partial charge in [0.05, 0.1) is 13.2 Å². The van der Waals surface area contributed by atoms with Crippen molar-refractivity contribution in [3.63, 3.8) is 0 Å². The van der Waals surface area contributed by atoms with Crippen LogP contribution in [0.1, 0.15) is 23.6 Å². The summed E-state index contributed by atoms with van der Waals surface area (Å²) in [6, 6.07) is 9.61. The highest BCUT2D eigenvalue weighted by Crippen LogP contribution is 2.31. The fourth-order valence-corrected chi connectivity index (χ4v) is 3.24. The van der Waals surface area contributed by atoms with Crippen molar-refractivity contribution in [2.75, 3.05) is 20.5 Å². The third-order valence-corrected chi connectivity index (χ3v) is 4.83. The molecule has 3 nitrogen and oxygen atoms in total. The lowest BCUT2D eigenvalue weighted by Crippen LogP contribution is -1.99. The lowest BCUT2D eigenvalue weighted by molar-refractivity contribution is -0.0392. The Morgan fingerprint density at radius 3 is 2.42 bits per heavy atom. The molecule has 2 rings (SSSR count). The molecule has 0 saturated carbocycles. The number of methoxy groups -OCH3 is 1. The first kappa shape index (κ1) is 19.5. The van der Waals surface area contributed by atoms with Gasteiger partial charge < -0.3 is 14.2 Å². The first-order valence-corrected chi connectivity index (χ1v) is 9.04. The van der Waals surface area contributed by atoms with E-state index in [1.807, 2.05) is 37.3 Å². The minimum Gasteiger partial charge on any atom is -0.494 e. The average Bonchev–Trinajstić information content (AvgIpc) is 2.54. The minimum atomic E-state index is 0.244. The van der Waals surface area contributed by atoms with E-state index in [0.717, 1.165) is 26.9 Å². The Balaban J connectivity index is 2.16. The molecule has 0 aliphatic rings. The van der Waals surface area contributed by atoms with E-state index in [2.05, 4.69) is 15.9 Å². The molecule has 24 heavy (non-hydrogen) atoms. The number of ether oxygens (including phenoxy) is 3. The lowest BCUT2D eigenvalue weighted by atomic mass is 10.0. The van der Waals surface area contributed by atoms with Gasteiger partial charge in [0, 0.05) is 28.0 Å². The quantitative estimate of drug-likeness (QED) is 0.385. The van der Waals surface area contributed by atoms with E-state index in [1.165, 1.54) is 0 Å². The standard InChI is InChI=1S/C18H19BrCl2O3/c1-3-24-15-5-4-12(18(21)9-15)6-13-7-16(19)14(8-17(13)20)10-23-11-22-2/h4-5,7-9H,3,6,10-11H2,1-2H3. The summed E-state index contributed by atoms with van der Waals surface area (Å²) < 4.78 is 16.7. The molecule has 0 heterocycles. The van der Waals surface area contributed by atoms with Crippen LogP contribution in [0.2, 0.25) is 10.0 Å². The lowest BCUT2D eigenvalue weighted by Gasteiger charge is -2.12. The Morgan fingerprint density at radius 1 is 1.00 bits per heavy atom. The molecule has 0 bridgehead atoms. The molecule has 0 unspecified atom stereocenters. The van der Waals surface area contributed by atoms with Crippen LogP contribution < -0.4 is 4.74 Å². The average molecular weight is 434 g/mol. The smallest absolute Gasteiger partial charge is 0.146 e. The SMILES string of the molecule is CCOc1ccc(Cc2cc(Br)c(COCOC)cc2Cl)c(Cl)c1. The highest BCUT2D eigenvalue weighted by atomic mass is 79.9. The van der Waals surface area contributed by atoms with Crippen LogP contribution in [0.5, 0.6) is 5.75 Å². The molecule has 6 heteroatoms. The summed E-state index contributed by atoms with van der Waals surface area (Å²) in [6.07, 6.45) is 0.641. The van der Waals surface area contributed by atoms with Crippen molar-refractivity contribution in [2.24, 2.45) is 0 Å². The Bertz CT molecular complexity index is 692. The van der Waals surface area contributed by atoms with Crippen LogP contribution in [0.15, 0.2) is 34.8 Å². The topological polar surface area (TPSA) is 27.7 Å². The Labute approximate surface area is 160 Å². The predicted octanol–water partition coefficient (Wildman–Crippen LogP) is 5.87. The monoisotopic (exact) mass is 432 g/mol.